The van der Waals surface area contributed by atoms with Gasteiger partial charge in [-0.25, -0.2) is 4.79 Å². The number of rotatable bonds is 5. The summed E-state index contributed by atoms with van der Waals surface area (Å²) >= 11 is 6.15. The fourth-order valence-corrected chi connectivity index (χ4v) is 3.03. The second-order valence-electron chi connectivity index (χ2n) is 5.84. The number of halogens is 1. The Morgan fingerprint density at radius 3 is 2.41 bits per heavy atom. The van der Waals surface area contributed by atoms with Crippen LogP contribution in [0.1, 0.15) is 10.4 Å². The van der Waals surface area contributed by atoms with E-state index in [1.165, 1.54) is 37.4 Å². The number of nitrogens with zero attached hydrogens (tertiary/aromatic N) is 4. The van der Waals surface area contributed by atoms with Crippen LogP contribution in [0.5, 0.6) is 11.5 Å². The van der Waals surface area contributed by atoms with Gasteiger partial charge in [0.1, 0.15) is 0 Å². The third kappa shape index (κ3) is 2.99. The van der Waals surface area contributed by atoms with E-state index in [4.69, 9.17) is 21.1 Å². The summed E-state index contributed by atoms with van der Waals surface area (Å²) in [6, 6.07) is 4.75. The van der Waals surface area contributed by atoms with Crippen LogP contribution < -0.4 is 20.7 Å². The molecule has 2 aromatic heterocycles. The van der Waals surface area contributed by atoms with Crippen LogP contribution >= 0.6 is 11.6 Å². The molecular weight excluding hydrogens is 376 g/mol. The lowest BCUT2D eigenvalue weighted by molar-refractivity contribution is 0.0973. The molecule has 10 heteroatoms. The number of fused-ring (bicyclic) bond motifs is 1. The van der Waals surface area contributed by atoms with Crippen molar-refractivity contribution in [1.82, 2.24) is 18.7 Å². The summed E-state index contributed by atoms with van der Waals surface area (Å²) in [5.74, 6) is 0.584. The average Bonchev–Trinajstić information content (AvgIpc) is 3.00. The molecule has 3 aromatic rings. The summed E-state index contributed by atoms with van der Waals surface area (Å²) < 4.78 is 13.8. The lowest BCUT2D eigenvalue weighted by Crippen LogP contribution is -2.37. The molecule has 0 spiro atoms. The molecule has 0 fully saturated rings. The monoisotopic (exact) mass is 392 g/mol. The Labute approximate surface area is 158 Å². The highest BCUT2D eigenvalue weighted by Gasteiger charge is 2.21. The van der Waals surface area contributed by atoms with E-state index in [-0.39, 0.29) is 28.8 Å². The van der Waals surface area contributed by atoms with Crippen LogP contribution in [0.2, 0.25) is 5.28 Å². The molecular formula is C17H17ClN4O5. The van der Waals surface area contributed by atoms with Crippen molar-refractivity contribution in [2.24, 2.45) is 14.1 Å². The van der Waals surface area contributed by atoms with Gasteiger partial charge in [-0.05, 0) is 29.8 Å². The highest BCUT2D eigenvalue weighted by atomic mass is 35.5. The van der Waals surface area contributed by atoms with Gasteiger partial charge < -0.3 is 14.0 Å². The lowest BCUT2D eigenvalue weighted by Gasteiger charge is -2.10. The quantitative estimate of drug-likeness (QED) is 0.474. The molecule has 3 rings (SSSR count). The Kier molecular flexibility index (Phi) is 4.79. The van der Waals surface area contributed by atoms with Crippen LogP contribution in [0.4, 0.5) is 0 Å². The number of aromatic nitrogens is 4. The zero-order valence-electron chi connectivity index (χ0n) is 15.1. The summed E-state index contributed by atoms with van der Waals surface area (Å²) in [7, 11) is 5.80. The van der Waals surface area contributed by atoms with Crippen LogP contribution in [-0.2, 0) is 20.6 Å². The lowest BCUT2D eigenvalue weighted by atomic mass is 10.1. The fourth-order valence-electron chi connectivity index (χ4n) is 2.81. The maximum Gasteiger partial charge on any atom is 0.332 e. The molecule has 1 aromatic carbocycles. The van der Waals surface area contributed by atoms with E-state index in [1.807, 2.05) is 0 Å². The van der Waals surface area contributed by atoms with E-state index in [2.05, 4.69) is 4.98 Å². The third-order valence-electron chi connectivity index (χ3n) is 4.31. The number of ether oxygens (including phenoxy) is 2. The number of ketones is 1. The van der Waals surface area contributed by atoms with Crippen molar-refractivity contribution >= 4 is 28.5 Å². The highest BCUT2D eigenvalue weighted by molar-refractivity contribution is 6.29. The van der Waals surface area contributed by atoms with Crippen molar-refractivity contribution < 1.29 is 14.3 Å². The zero-order valence-corrected chi connectivity index (χ0v) is 15.9. The number of aryl methyl sites for hydroxylation is 1. The smallest absolute Gasteiger partial charge is 0.332 e. The minimum absolute atomic E-state index is 0.0582. The van der Waals surface area contributed by atoms with Gasteiger partial charge in [-0.15, -0.1) is 0 Å². The van der Waals surface area contributed by atoms with Gasteiger partial charge in [0.2, 0.25) is 5.28 Å². The number of methoxy groups -OCH3 is 2. The SMILES string of the molecule is COc1ccc(C(=O)Cn2c(Cl)nc3c2c(=O)n(C)c(=O)n3C)cc1OC. The Morgan fingerprint density at radius 2 is 1.78 bits per heavy atom. The molecule has 9 nitrogen and oxygen atoms in total. The number of Topliss-reactive ketones (excluding diaryl/α,β-unsaturated/α-hetero) is 1. The Hall–Kier alpha value is -3.07. The largest absolute Gasteiger partial charge is 0.493 e. The Bertz CT molecular complexity index is 1170. The predicted octanol–water partition coefficient (Wildman–Crippen LogP) is 0.987. The summed E-state index contributed by atoms with van der Waals surface area (Å²) in [4.78, 5) is 41.4. The highest BCUT2D eigenvalue weighted by Crippen LogP contribution is 2.28. The number of benzene rings is 1. The van der Waals surface area contributed by atoms with Crippen LogP contribution in [0.25, 0.3) is 11.2 Å². The van der Waals surface area contributed by atoms with E-state index >= 15 is 0 Å². The molecule has 0 atom stereocenters. The molecule has 0 saturated carbocycles. The van der Waals surface area contributed by atoms with Gasteiger partial charge in [0.15, 0.2) is 28.4 Å². The molecule has 0 aliphatic carbocycles. The van der Waals surface area contributed by atoms with Crippen LogP contribution in [0, 0.1) is 0 Å². The van der Waals surface area contributed by atoms with Crippen LogP contribution in [0.15, 0.2) is 27.8 Å². The van der Waals surface area contributed by atoms with Gasteiger partial charge in [-0.1, -0.05) is 0 Å². The summed E-state index contributed by atoms with van der Waals surface area (Å²) in [5.41, 5.74) is -0.550. The van der Waals surface area contributed by atoms with Crippen LogP contribution in [-0.4, -0.2) is 38.7 Å². The maximum atomic E-state index is 12.7. The second-order valence-corrected chi connectivity index (χ2v) is 6.18. The zero-order chi connectivity index (χ0) is 19.9. The number of hydrogen-bond acceptors (Lipinski definition) is 6. The first kappa shape index (κ1) is 18.7. The summed E-state index contributed by atoms with van der Waals surface area (Å²) in [6.07, 6.45) is 0. The molecule has 0 bridgehead atoms. The first-order valence-corrected chi connectivity index (χ1v) is 8.25. The molecule has 0 N–H and O–H groups in total. The van der Waals surface area contributed by atoms with E-state index in [9.17, 15) is 14.4 Å². The van der Waals surface area contributed by atoms with Crippen molar-refractivity contribution in [2.45, 2.75) is 6.54 Å². The van der Waals surface area contributed by atoms with Gasteiger partial charge in [0.05, 0.1) is 20.8 Å². The molecule has 0 amide bonds. The average molecular weight is 393 g/mol. The van der Waals surface area contributed by atoms with Crippen molar-refractivity contribution in [2.75, 3.05) is 14.2 Å². The first-order valence-electron chi connectivity index (χ1n) is 7.87. The summed E-state index contributed by atoms with van der Waals surface area (Å²) in [6.45, 7) is -0.224. The van der Waals surface area contributed by atoms with Gasteiger partial charge in [-0.2, -0.15) is 4.98 Å². The molecule has 142 valence electrons. The van der Waals surface area contributed by atoms with Crippen molar-refractivity contribution in [3.8, 4) is 11.5 Å². The van der Waals surface area contributed by atoms with Gasteiger partial charge in [0.25, 0.3) is 5.56 Å². The predicted molar refractivity (Wildman–Crippen MR) is 99.1 cm³/mol. The summed E-state index contributed by atoms with van der Waals surface area (Å²) in [5, 5.41) is -0.0582. The van der Waals surface area contributed by atoms with E-state index in [0.717, 1.165) is 4.57 Å². The van der Waals surface area contributed by atoms with Crippen molar-refractivity contribution in [3.63, 3.8) is 0 Å². The topological polar surface area (TPSA) is 97.4 Å². The Morgan fingerprint density at radius 1 is 1.11 bits per heavy atom. The number of hydrogen-bond donors (Lipinski definition) is 0. The standard InChI is InChI=1S/C17H17ClN4O5/c1-20-14-13(15(24)21(2)17(20)25)22(16(18)19-14)8-10(23)9-5-6-11(26-3)12(7-9)27-4/h5-7H,8H2,1-4H3. The molecule has 0 radical (unpaired) electrons. The molecule has 0 aliphatic rings. The second kappa shape index (κ2) is 6.92. The molecule has 0 aliphatic heterocycles. The first-order chi connectivity index (χ1) is 12.8. The molecule has 2 heterocycles. The minimum Gasteiger partial charge on any atom is -0.493 e. The van der Waals surface area contributed by atoms with E-state index in [1.54, 1.807) is 18.2 Å². The van der Waals surface area contributed by atoms with E-state index < -0.39 is 11.2 Å². The number of carbonyl (C=O) groups excluding carboxylic acids is 1. The maximum absolute atomic E-state index is 12.7. The molecule has 27 heavy (non-hydrogen) atoms. The normalized spacial score (nSPS) is 11.0. The van der Waals surface area contributed by atoms with Gasteiger partial charge in [-0.3, -0.25) is 18.7 Å². The number of imidazole rings is 1. The molecule has 0 unspecified atom stereocenters. The van der Waals surface area contributed by atoms with Gasteiger partial charge in [0, 0.05) is 19.7 Å². The minimum atomic E-state index is -0.576. The number of carbonyl (C=O) groups is 1. The van der Waals surface area contributed by atoms with Gasteiger partial charge >= 0.3 is 5.69 Å². The molecule has 0 saturated heterocycles. The van der Waals surface area contributed by atoms with Crippen molar-refractivity contribution in [1.29, 1.82) is 0 Å². The third-order valence-corrected chi connectivity index (χ3v) is 4.60. The van der Waals surface area contributed by atoms with Crippen LogP contribution in [0.3, 0.4) is 0 Å². The fraction of sp³-hybridized carbons (Fsp3) is 0.294. The Balaban J connectivity index is 2.10. The van der Waals surface area contributed by atoms with E-state index in [0.29, 0.717) is 17.1 Å². The van der Waals surface area contributed by atoms with Crippen molar-refractivity contribution in [3.05, 3.63) is 49.9 Å².